The largest absolute Gasteiger partial charge is 0.390 e. The summed E-state index contributed by atoms with van der Waals surface area (Å²) >= 11 is 0. The normalized spacial score (nSPS) is 19.6. The average Bonchev–Trinajstić information content (AvgIpc) is 3.15. The van der Waals surface area contributed by atoms with Gasteiger partial charge >= 0.3 is 0 Å². The van der Waals surface area contributed by atoms with E-state index in [2.05, 4.69) is 24.1 Å². The van der Waals surface area contributed by atoms with Gasteiger partial charge in [-0.15, -0.1) is 0 Å². The van der Waals surface area contributed by atoms with Crippen LogP contribution in [0.2, 0.25) is 0 Å². The second-order valence-corrected chi connectivity index (χ2v) is 11.0. The number of quaternary nitrogens is 1. The van der Waals surface area contributed by atoms with Crippen molar-refractivity contribution < 1.29 is 32.5 Å². The first kappa shape index (κ1) is 30.9. The zero-order valence-electron chi connectivity index (χ0n) is 21.0. The number of hydrogen-bond acceptors (Lipinski definition) is 6. The second kappa shape index (κ2) is 17.3. The molecule has 0 amide bonds. The number of Topliss-reactive ketones (excluding diaryl/α,β-unsaturated/α-hetero) is 1. The molecule has 1 rings (SSSR count). The molecule has 0 saturated carbocycles. The van der Waals surface area contributed by atoms with Crippen molar-refractivity contribution in [1.82, 2.24) is 0 Å². The fraction of sp³-hybridized carbons (Fsp3) is 0.840. The molecule has 8 nitrogen and oxygen atoms in total. The molecule has 2 unspecified atom stereocenters. The Kier molecular flexibility index (Phi) is 15.7. The fourth-order valence-electron chi connectivity index (χ4n) is 4.62. The van der Waals surface area contributed by atoms with Gasteiger partial charge in [-0.25, -0.2) is 4.99 Å². The van der Waals surface area contributed by atoms with Crippen LogP contribution in [0, 0.1) is 0 Å². The Bertz CT molecular complexity index is 738. The fourth-order valence-corrected chi connectivity index (χ4v) is 5.22. The molecular weight excluding hydrogens is 456 g/mol. The number of aliphatic hydroxyl groups excluding tert-OH is 2. The lowest BCUT2D eigenvalue weighted by molar-refractivity contribution is -0.837. The van der Waals surface area contributed by atoms with Gasteiger partial charge in [-0.05, 0) is 32.1 Å². The van der Waals surface area contributed by atoms with Crippen molar-refractivity contribution in [2.24, 2.45) is 4.99 Å². The molecule has 0 spiro atoms. The van der Waals surface area contributed by atoms with E-state index in [0.29, 0.717) is 25.3 Å². The molecule has 1 heterocycles. The van der Waals surface area contributed by atoms with Gasteiger partial charge in [0.1, 0.15) is 31.5 Å². The zero-order chi connectivity index (χ0) is 25.3. The minimum Gasteiger partial charge on any atom is -0.390 e. The number of aliphatic imine (C=N–C) groups is 1. The van der Waals surface area contributed by atoms with E-state index in [1.165, 1.54) is 44.9 Å². The van der Waals surface area contributed by atoms with Crippen LogP contribution in [0.5, 0.6) is 0 Å². The quantitative estimate of drug-likeness (QED) is 0.0950. The van der Waals surface area contributed by atoms with Crippen LogP contribution >= 0.6 is 0 Å². The molecular formula is C25H47N2O6S+. The number of unbranched alkanes of at least 4 members (excludes halogenated alkanes) is 10. The van der Waals surface area contributed by atoms with Crippen LogP contribution in [0.3, 0.4) is 0 Å². The van der Waals surface area contributed by atoms with E-state index in [-0.39, 0.29) is 30.0 Å². The van der Waals surface area contributed by atoms with Crippen LogP contribution in [0.1, 0.15) is 90.4 Å². The smallest absolute Gasteiger partial charge is 0.267 e. The highest BCUT2D eigenvalue weighted by atomic mass is 32.2. The van der Waals surface area contributed by atoms with Gasteiger partial charge in [0.2, 0.25) is 5.78 Å². The number of nitrogens with zero attached hydrogens (tertiary/aromatic N) is 2. The van der Waals surface area contributed by atoms with Crippen molar-refractivity contribution in [1.29, 1.82) is 0 Å². The van der Waals surface area contributed by atoms with Gasteiger partial charge in [-0.2, -0.15) is 8.42 Å². The number of amidine groups is 1. The predicted molar refractivity (Wildman–Crippen MR) is 137 cm³/mol. The molecule has 0 aromatic heterocycles. The minimum absolute atomic E-state index is 0.0344. The summed E-state index contributed by atoms with van der Waals surface area (Å²) in [6, 6.07) is 0. The Labute approximate surface area is 206 Å². The van der Waals surface area contributed by atoms with E-state index in [4.69, 9.17) is 4.55 Å². The molecule has 34 heavy (non-hydrogen) atoms. The first-order valence-corrected chi connectivity index (χ1v) is 14.7. The number of carbonyl (C=O) groups excluding carboxylic acids is 1. The maximum Gasteiger partial charge on any atom is 0.267 e. The molecule has 0 radical (unpaired) electrons. The van der Waals surface area contributed by atoms with Gasteiger partial charge in [0, 0.05) is 6.42 Å². The first-order valence-electron chi connectivity index (χ1n) is 13.1. The van der Waals surface area contributed by atoms with Crippen LogP contribution in [-0.4, -0.2) is 83.9 Å². The Balaban J connectivity index is 2.30. The number of allylic oxidation sites excluding steroid dienone is 2. The number of hydrogen-bond donors (Lipinski definition) is 3. The molecule has 1 aliphatic heterocycles. The van der Waals surface area contributed by atoms with Crippen molar-refractivity contribution in [3.05, 3.63) is 12.2 Å². The highest BCUT2D eigenvalue weighted by Crippen LogP contribution is 2.20. The molecule has 0 fully saturated rings. The van der Waals surface area contributed by atoms with E-state index in [0.717, 1.165) is 32.1 Å². The van der Waals surface area contributed by atoms with E-state index in [9.17, 15) is 23.4 Å². The molecule has 2 atom stereocenters. The van der Waals surface area contributed by atoms with E-state index < -0.39 is 22.0 Å². The van der Waals surface area contributed by atoms with Gasteiger partial charge in [0.25, 0.3) is 16.0 Å². The SMILES string of the molecule is CCCCCCCCC/C=C/CCCCCC(=O)C1=NCC[N+]1(CCO)CC(O)CS(=O)(=O)O. The second-order valence-electron chi connectivity index (χ2n) is 9.51. The Hall–Kier alpha value is -1.13. The van der Waals surface area contributed by atoms with Crippen LogP contribution in [0.15, 0.2) is 17.1 Å². The summed E-state index contributed by atoms with van der Waals surface area (Å²) in [5.74, 6) is -0.607. The van der Waals surface area contributed by atoms with Crippen molar-refractivity contribution in [2.75, 3.05) is 38.5 Å². The predicted octanol–water partition coefficient (Wildman–Crippen LogP) is 3.67. The van der Waals surface area contributed by atoms with Crippen molar-refractivity contribution in [2.45, 2.75) is 96.5 Å². The molecule has 0 bridgehead atoms. The van der Waals surface area contributed by atoms with E-state index >= 15 is 0 Å². The van der Waals surface area contributed by atoms with Crippen LogP contribution in [0.25, 0.3) is 0 Å². The highest BCUT2D eigenvalue weighted by molar-refractivity contribution is 7.85. The molecule has 0 aromatic carbocycles. The van der Waals surface area contributed by atoms with E-state index in [1.54, 1.807) is 0 Å². The Morgan fingerprint density at radius 2 is 1.62 bits per heavy atom. The lowest BCUT2D eigenvalue weighted by Crippen LogP contribution is -2.59. The lowest BCUT2D eigenvalue weighted by Gasteiger charge is -2.34. The van der Waals surface area contributed by atoms with Crippen LogP contribution in [0.4, 0.5) is 0 Å². The standard InChI is InChI=1S/C25H46N2O6S/c1-2-3-4-5-6-7-8-9-10-11-12-13-14-15-16-24(30)25-26-17-18-27(25,19-20-28)21-23(29)22-34(31,32)33/h10-11,23,28-29H,2-9,12-22H2,1H3/p+1/b11-10+. The number of rotatable bonds is 21. The van der Waals surface area contributed by atoms with Crippen LogP contribution in [-0.2, 0) is 14.9 Å². The third kappa shape index (κ3) is 13.1. The van der Waals surface area contributed by atoms with Crippen molar-refractivity contribution in [3.63, 3.8) is 0 Å². The molecule has 3 N–H and O–H groups in total. The summed E-state index contributed by atoms with van der Waals surface area (Å²) in [4.78, 5) is 17.2. The van der Waals surface area contributed by atoms with Gasteiger partial charge in [0.15, 0.2) is 0 Å². The molecule has 0 aromatic rings. The topological polar surface area (TPSA) is 124 Å². The van der Waals surface area contributed by atoms with Crippen molar-refractivity contribution >= 4 is 21.7 Å². The van der Waals surface area contributed by atoms with Gasteiger partial charge in [-0.1, -0.05) is 64.0 Å². The monoisotopic (exact) mass is 503 g/mol. The minimum atomic E-state index is -4.33. The Morgan fingerprint density at radius 1 is 1.03 bits per heavy atom. The molecule has 9 heteroatoms. The number of aliphatic hydroxyl groups is 2. The Morgan fingerprint density at radius 3 is 2.21 bits per heavy atom. The molecule has 1 aliphatic rings. The summed E-state index contributed by atoms with van der Waals surface area (Å²) < 4.78 is 31.1. The van der Waals surface area contributed by atoms with E-state index in [1.807, 2.05) is 0 Å². The van der Waals surface area contributed by atoms with Gasteiger partial charge in [0.05, 0.1) is 13.2 Å². The maximum absolute atomic E-state index is 12.8. The molecule has 198 valence electrons. The molecule has 0 saturated heterocycles. The summed E-state index contributed by atoms with van der Waals surface area (Å²) in [6.45, 7) is 2.94. The number of ketones is 1. The van der Waals surface area contributed by atoms with Crippen molar-refractivity contribution in [3.8, 4) is 0 Å². The third-order valence-corrected chi connectivity index (χ3v) is 7.20. The maximum atomic E-state index is 12.8. The zero-order valence-corrected chi connectivity index (χ0v) is 21.9. The number of carbonyl (C=O) groups is 1. The summed E-state index contributed by atoms with van der Waals surface area (Å²) in [6.07, 6.45) is 17.6. The third-order valence-electron chi connectivity index (χ3n) is 6.40. The summed E-state index contributed by atoms with van der Waals surface area (Å²) in [5, 5.41) is 19.6. The van der Waals surface area contributed by atoms with Gasteiger partial charge < -0.3 is 10.2 Å². The first-order chi connectivity index (χ1) is 16.2. The van der Waals surface area contributed by atoms with Gasteiger partial charge in [-0.3, -0.25) is 13.8 Å². The summed E-state index contributed by atoms with van der Waals surface area (Å²) in [7, 11) is -4.33. The van der Waals surface area contributed by atoms with Crippen LogP contribution < -0.4 is 0 Å². The average molecular weight is 504 g/mol. The lowest BCUT2D eigenvalue weighted by atomic mass is 10.1. The highest BCUT2D eigenvalue weighted by Gasteiger charge is 2.43. The molecule has 0 aliphatic carbocycles. The summed E-state index contributed by atoms with van der Waals surface area (Å²) in [5.41, 5.74) is 0.